The van der Waals surface area contributed by atoms with Gasteiger partial charge in [0.2, 0.25) is 0 Å². The number of benzene rings is 1. The van der Waals surface area contributed by atoms with Crippen molar-refractivity contribution in [3.63, 3.8) is 0 Å². The molecule has 0 saturated carbocycles. The Morgan fingerprint density at radius 2 is 1.97 bits per heavy atom. The molecule has 3 aromatic rings. The van der Waals surface area contributed by atoms with E-state index in [1.165, 1.54) is 4.57 Å². The van der Waals surface area contributed by atoms with E-state index in [9.17, 15) is 9.59 Å². The second-order valence-electron chi connectivity index (χ2n) is 6.46. The van der Waals surface area contributed by atoms with E-state index in [-0.39, 0.29) is 5.69 Å². The second-order valence-corrected chi connectivity index (χ2v) is 6.46. The molecule has 0 unspecified atom stereocenters. The molecular weight excluding hydrogens is 372 g/mol. The van der Waals surface area contributed by atoms with Gasteiger partial charge in [-0.1, -0.05) is 12.1 Å². The first-order valence-corrected chi connectivity index (χ1v) is 9.39. The lowest BCUT2D eigenvalue weighted by atomic mass is 10.1. The first-order chi connectivity index (χ1) is 14.1. The molecule has 3 rings (SSSR count). The predicted molar refractivity (Wildman–Crippen MR) is 109 cm³/mol. The number of nitrogens with one attached hydrogen (secondary N) is 1. The Labute approximate surface area is 168 Å². The Morgan fingerprint density at radius 1 is 1.17 bits per heavy atom. The third kappa shape index (κ3) is 4.97. The average molecular weight is 396 g/mol. The number of nitrogens with zero attached hydrogens (tertiary/aromatic N) is 3. The minimum absolute atomic E-state index is 0.127. The van der Waals surface area contributed by atoms with Crippen molar-refractivity contribution < 1.29 is 14.3 Å². The van der Waals surface area contributed by atoms with E-state index in [1.54, 1.807) is 32.5 Å². The SMILES string of the molecule is COCCCn1c(=O)c(C(=O)NCCc2ccc(OC)cc2)nc2cccnc21. The Balaban J connectivity index is 1.75. The van der Waals surface area contributed by atoms with E-state index in [2.05, 4.69) is 15.3 Å². The Bertz CT molecular complexity index is 1030. The summed E-state index contributed by atoms with van der Waals surface area (Å²) in [6.45, 7) is 1.29. The predicted octanol–water partition coefficient (Wildman–Crippen LogP) is 1.81. The number of hydrogen-bond donors (Lipinski definition) is 1. The van der Waals surface area contributed by atoms with Crippen LogP contribution >= 0.6 is 0 Å². The van der Waals surface area contributed by atoms with Crippen molar-refractivity contribution in [1.29, 1.82) is 0 Å². The van der Waals surface area contributed by atoms with E-state index in [4.69, 9.17) is 9.47 Å². The Hall–Kier alpha value is -3.26. The fraction of sp³-hybridized carbons (Fsp3) is 0.333. The molecule has 8 nitrogen and oxygen atoms in total. The van der Waals surface area contributed by atoms with Crippen molar-refractivity contribution >= 4 is 17.1 Å². The second kappa shape index (κ2) is 9.79. The maximum Gasteiger partial charge on any atom is 0.283 e. The van der Waals surface area contributed by atoms with Crippen molar-refractivity contribution in [2.24, 2.45) is 0 Å². The quantitative estimate of drug-likeness (QED) is 0.554. The van der Waals surface area contributed by atoms with Gasteiger partial charge >= 0.3 is 0 Å². The highest BCUT2D eigenvalue weighted by Gasteiger charge is 2.17. The molecule has 0 fully saturated rings. The smallest absolute Gasteiger partial charge is 0.283 e. The van der Waals surface area contributed by atoms with Crippen LogP contribution in [0.4, 0.5) is 0 Å². The molecule has 0 aliphatic carbocycles. The third-order valence-electron chi connectivity index (χ3n) is 4.51. The van der Waals surface area contributed by atoms with Crippen LogP contribution in [0, 0.1) is 0 Å². The number of amides is 1. The summed E-state index contributed by atoms with van der Waals surface area (Å²) in [5, 5.41) is 2.78. The van der Waals surface area contributed by atoms with Gasteiger partial charge in [-0.05, 0) is 42.7 Å². The number of methoxy groups -OCH3 is 2. The van der Waals surface area contributed by atoms with Gasteiger partial charge in [0.25, 0.3) is 11.5 Å². The number of pyridine rings is 1. The first-order valence-electron chi connectivity index (χ1n) is 9.39. The van der Waals surface area contributed by atoms with E-state index in [1.807, 2.05) is 24.3 Å². The van der Waals surface area contributed by atoms with Crippen molar-refractivity contribution in [3.8, 4) is 5.75 Å². The Morgan fingerprint density at radius 3 is 2.69 bits per heavy atom. The molecule has 152 valence electrons. The number of rotatable bonds is 9. The summed E-state index contributed by atoms with van der Waals surface area (Å²) >= 11 is 0. The van der Waals surface area contributed by atoms with Gasteiger partial charge in [-0.25, -0.2) is 9.97 Å². The molecule has 0 bridgehead atoms. The summed E-state index contributed by atoms with van der Waals surface area (Å²) in [6.07, 6.45) is 2.86. The van der Waals surface area contributed by atoms with Crippen LogP contribution in [0.25, 0.3) is 11.2 Å². The summed E-state index contributed by atoms with van der Waals surface area (Å²) in [6, 6.07) is 11.1. The molecule has 0 radical (unpaired) electrons. The van der Waals surface area contributed by atoms with Gasteiger partial charge in [-0.3, -0.25) is 14.2 Å². The monoisotopic (exact) mass is 396 g/mol. The van der Waals surface area contributed by atoms with Crippen molar-refractivity contribution in [2.75, 3.05) is 27.4 Å². The number of aromatic nitrogens is 3. The summed E-state index contributed by atoms with van der Waals surface area (Å²) < 4.78 is 11.7. The van der Waals surface area contributed by atoms with Crippen LogP contribution in [0.2, 0.25) is 0 Å². The number of hydrogen-bond acceptors (Lipinski definition) is 6. The van der Waals surface area contributed by atoms with E-state index < -0.39 is 11.5 Å². The lowest BCUT2D eigenvalue weighted by Gasteiger charge is -2.11. The summed E-state index contributed by atoms with van der Waals surface area (Å²) in [4.78, 5) is 34.0. The third-order valence-corrected chi connectivity index (χ3v) is 4.51. The zero-order valence-electron chi connectivity index (χ0n) is 16.6. The molecule has 1 N–H and O–H groups in total. The number of aryl methyl sites for hydroxylation is 1. The zero-order valence-corrected chi connectivity index (χ0v) is 16.6. The van der Waals surface area contributed by atoms with Gasteiger partial charge in [0.1, 0.15) is 11.3 Å². The number of carbonyl (C=O) groups is 1. The highest BCUT2D eigenvalue weighted by atomic mass is 16.5. The summed E-state index contributed by atoms with van der Waals surface area (Å²) in [7, 11) is 3.22. The largest absolute Gasteiger partial charge is 0.497 e. The molecule has 2 heterocycles. The highest BCUT2D eigenvalue weighted by Crippen LogP contribution is 2.11. The summed E-state index contributed by atoms with van der Waals surface area (Å²) in [5.74, 6) is 0.288. The molecule has 2 aromatic heterocycles. The van der Waals surface area contributed by atoms with E-state index in [0.717, 1.165) is 11.3 Å². The molecule has 1 amide bonds. The van der Waals surface area contributed by atoms with Crippen molar-refractivity contribution in [2.45, 2.75) is 19.4 Å². The number of fused-ring (bicyclic) bond motifs is 1. The van der Waals surface area contributed by atoms with Gasteiger partial charge in [-0.15, -0.1) is 0 Å². The maximum absolute atomic E-state index is 12.9. The fourth-order valence-corrected chi connectivity index (χ4v) is 2.99. The van der Waals surface area contributed by atoms with Gasteiger partial charge in [-0.2, -0.15) is 0 Å². The summed E-state index contributed by atoms with van der Waals surface area (Å²) in [5.41, 5.74) is 1.44. The highest BCUT2D eigenvalue weighted by molar-refractivity contribution is 5.93. The van der Waals surface area contributed by atoms with Crippen LogP contribution in [0.3, 0.4) is 0 Å². The topological polar surface area (TPSA) is 95.3 Å². The van der Waals surface area contributed by atoms with Crippen LogP contribution in [-0.2, 0) is 17.7 Å². The van der Waals surface area contributed by atoms with Gasteiger partial charge in [0, 0.05) is 33.0 Å². The van der Waals surface area contributed by atoms with Crippen molar-refractivity contribution in [1.82, 2.24) is 19.9 Å². The minimum Gasteiger partial charge on any atom is -0.497 e. The normalized spacial score (nSPS) is 10.8. The molecule has 29 heavy (non-hydrogen) atoms. The Kier molecular flexibility index (Phi) is 6.91. The van der Waals surface area contributed by atoms with Gasteiger partial charge < -0.3 is 14.8 Å². The molecule has 1 aromatic carbocycles. The molecule has 0 saturated heterocycles. The lowest BCUT2D eigenvalue weighted by Crippen LogP contribution is -2.36. The molecule has 8 heteroatoms. The zero-order chi connectivity index (χ0) is 20.6. The first kappa shape index (κ1) is 20.5. The van der Waals surface area contributed by atoms with Crippen LogP contribution in [-0.4, -0.2) is 47.8 Å². The van der Waals surface area contributed by atoms with Gasteiger partial charge in [0.05, 0.1) is 7.11 Å². The van der Waals surface area contributed by atoms with Gasteiger partial charge in [0.15, 0.2) is 11.3 Å². The van der Waals surface area contributed by atoms with E-state index in [0.29, 0.717) is 43.7 Å². The van der Waals surface area contributed by atoms with Crippen LogP contribution in [0.1, 0.15) is 22.5 Å². The number of ether oxygens (including phenoxy) is 2. The van der Waals surface area contributed by atoms with Crippen molar-refractivity contribution in [3.05, 3.63) is 64.2 Å². The minimum atomic E-state index is -0.491. The lowest BCUT2D eigenvalue weighted by molar-refractivity contribution is 0.0947. The average Bonchev–Trinajstić information content (AvgIpc) is 2.75. The van der Waals surface area contributed by atoms with Crippen LogP contribution in [0.15, 0.2) is 47.4 Å². The number of carbonyl (C=O) groups excluding carboxylic acids is 1. The standard InChI is InChI=1S/C21H24N4O4/c1-28-14-4-13-25-19-17(5-3-11-22-19)24-18(21(25)27)20(26)23-12-10-15-6-8-16(29-2)9-7-15/h3,5-9,11H,4,10,12-14H2,1-2H3,(H,23,26). The van der Waals surface area contributed by atoms with Crippen LogP contribution in [0.5, 0.6) is 5.75 Å². The molecule has 0 spiro atoms. The molecule has 0 atom stereocenters. The molecule has 0 aliphatic heterocycles. The molecule has 0 aliphatic rings. The fourth-order valence-electron chi connectivity index (χ4n) is 2.99. The maximum atomic E-state index is 12.9. The molecular formula is C21H24N4O4. The van der Waals surface area contributed by atoms with Crippen LogP contribution < -0.4 is 15.6 Å². The van der Waals surface area contributed by atoms with E-state index >= 15 is 0 Å².